The molecule has 4 rings (SSSR count). The number of halogens is 2. The predicted octanol–water partition coefficient (Wildman–Crippen LogP) is 5.57. The number of nitrogens with zero attached hydrogens (tertiary/aromatic N) is 4. The summed E-state index contributed by atoms with van der Waals surface area (Å²) in [7, 11) is 1.89. The standard InChI is InChI=1S/C20H14Cl2N6/c1-28-17-8-3-2-7-14(17)16(18(28)22)11-24-19-15(10-23)20(27-26-19)25-13-6-4-5-12(21)9-13/h2-9,11H,1H3,(H2,25,26,27). The van der Waals surface area contributed by atoms with E-state index in [1.165, 1.54) is 0 Å². The van der Waals surface area contributed by atoms with E-state index < -0.39 is 0 Å². The summed E-state index contributed by atoms with van der Waals surface area (Å²) in [6, 6.07) is 17.2. The number of rotatable bonds is 4. The molecule has 138 valence electrons. The second-order valence-electron chi connectivity index (χ2n) is 6.08. The molecular formula is C20H14Cl2N6. The Balaban J connectivity index is 1.69. The largest absolute Gasteiger partial charge is 0.339 e. The number of aryl methyl sites for hydroxylation is 1. The molecule has 4 aromatic rings. The van der Waals surface area contributed by atoms with E-state index in [0.29, 0.717) is 21.6 Å². The number of nitrogens with one attached hydrogen (secondary N) is 2. The van der Waals surface area contributed by atoms with Crippen LogP contribution >= 0.6 is 23.2 Å². The highest BCUT2D eigenvalue weighted by Gasteiger charge is 2.14. The molecule has 6 nitrogen and oxygen atoms in total. The highest BCUT2D eigenvalue weighted by molar-refractivity contribution is 6.34. The number of H-pyrrole nitrogens is 1. The first-order chi connectivity index (χ1) is 13.6. The molecule has 0 saturated heterocycles. The summed E-state index contributed by atoms with van der Waals surface area (Å²) in [5.41, 5.74) is 2.81. The zero-order chi connectivity index (χ0) is 19.7. The number of para-hydroxylation sites is 1. The zero-order valence-electron chi connectivity index (χ0n) is 14.7. The van der Waals surface area contributed by atoms with Gasteiger partial charge in [-0.15, -0.1) is 0 Å². The Labute approximate surface area is 171 Å². The van der Waals surface area contributed by atoms with Gasteiger partial charge in [-0.05, 0) is 24.3 Å². The molecular weight excluding hydrogens is 395 g/mol. The van der Waals surface area contributed by atoms with E-state index >= 15 is 0 Å². The monoisotopic (exact) mass is 408 g/mol. The van der Waals surface area contributed by atoms with Crippen molar-refractivity contribution in [1.82, 2.24) is 14.8 Å². The van der Waals surface area contributed by atoms with Gasteiger partial charge in [0.2, 0.25) is 0 Å². The van der Waals surface area contributed by atoms with E-state index in [4.69, 9.17) is 23.2 Å². The minimum absolute atomic E-state index is 0.274. The fraction of sp³-hybridized carbons (Fsp3) is 0.0500. The molecule has 0 unspecified atom stereocenters. The van der Waals surface area contributed by atoms with E-state index in [-0.39, 0.29) is 5.82 Å². The van der Waals surface area contributed by atoms with Crippen LogP contribution in [0.4, 0.5) is 17.3 Å². The topological polar surface area (TPSA) is 81.8 Å². The quantitative estimate of drug-likeness (QED) is 0.432. The molecule has 0 aliphatic carbocycles. The predicted molar refractivity (Wildman–Crippen MR) is 113 cm³/mol. The molecule has 0 fully saturated rings. The lowest BCUT2D eigenvalue weighted by molar-refractivity contribution is 0.969. The molecule has 0 saturated carbocycles. The van der Waals surface area contributed by atoms with Gasteiger partial charge < -0.3 is 9.88 Å². The van der Waals surface area contributed by atoms with E-state index in [0.717, 1.165) is 22.2 Å². The lowest BCUT2D eigenvalue weighted by Gasteiger charge is -2.03. The summed E-state index contributed by atoms with van der Waals surface area (Å²) < 4.78 is 1.89. The van der Waals surface area contributed by atoms with Gasteiger partial charge in [-0.25, -0.2) is 4.99 Å². The van der Waals surface area contributed by atoms with Crippen LogP contribution in [0, 0.1) is 11.3 Å². The summed E-state index contributed by atoms with van der Waals surface area (Å²) in [5.74, 6) is 0.719. The number of nitriles is 1. The number of hydrogen-bond donors (Lipinski definition) is 2. The number of aliphatic imine (C=N–C) groups is 1. The van der Waals surface area contributed by atoms with Crippen LogP contribution in [0.2, 0.25) is 10.2 Å². The summed E-state index contributed by atoms with van der Waals surface area (Å²) in [6.07, 6.45) is 1.63. The first-order valence-corrected chi connectivity index (χ1v) is 9.12. The maximum Gasteiger partial charge on any atom is 0.193 e. The van der Waals surface area contributed by atoms with Gasteiger partial charge in [-0.2, -0.15) is 10.4 Å². The molecule has 2 aromatic carbocycles. The number of hydrogen-bond acceptors (Lipinski definition) is 4. The maximum atomic E-state index is 9.57. The van der Waals surface area contributed by atoms with Crippen molar-refractivity contribution in [3.63, 3.8) is 0 Å². The summed E-state index contributed by atoms with van der Waals surface area (Å²) in [5, 5.41) is 21.8. The van der Waals surface area contributed by atoms with Crippen LogP contribution in [0.3, 0.4) is 0 Å². The van der Waals surface area contributed by atoms with Crippen molar-refractivity contribution in [3.05, 3.63) is 69.8 Å². The molecule has 28 heavy (non-hydrogen) atoms. The third-order valence-electron chi connectivity index (χ3n) is 4.34. The lowest BCUT2D eigenvalue weighted by atomic mass is 10.2. The fourth-order valence-corrected chi connectivity index (χ4v) is 3.40. The van der Waals surface area contributed by atoms with Crippen molar-refractivity contribution in [3.8, 4) is 6.07 Å². The van der Waals surface area contributed by atoms with E-state index in [2.05, 4.69) is 26.6 Å². The first kappa shape index (κ1) is 18.1. The average Bonchev–Trinajstić information content (AvgIpc) is 3.19. The van der Waals surface area contributed by atoms with Gasteiger partial charge in [0.15, 0.2) is 5.82 Å². The van der Waals surface area contributed by atoms with Gasteiger partial charge in [0.05, 0.1) is 0 Å². The molecule has 0 bridgehead atoms. The summed E-state index contributed by atoms with van der Waals surface area (Å²) in [4.78, 5) is 4.40. The Morgan fingerprint density at radius 1 is 1.21 bits per heavy atom. The van der Waals surface area contributed by atoms with Crippen LogP contribution in [0.5, 0.6) is 0 Å². The number of fused-ring (bicyclic) bond motifs is 1. The molecule has 2 heterocycles. The number of benzene rings is 2. The molecule has 8 heteroatoms. The molecule has 0 spiro atoms. The Bertz CT molecular complexity index is 1250. The second-order valence-corrected chi connectivity index (χ2v) is 6.88. The molecule has 0 amide bonds. The first-order valence-electron chi connectivity index (χ1n) is 8.36. The van der Waals surface area contributed by atoms with Gasteiger partial charge in [-0.1, -0.05) is 47.5 Å². The van der Waals surface area contributed by atoms with Crippen LogP contribution in [0.25, 0.3) is 10.9 Å². The van der Waals surface area contributed by atoms with Gasteiger partial charge in [0, 0.05) is 40.4 Å². The Kier molecular flexibility index (Phi) is 4.78. The summed E-state index contributed by atoms with van der Waals surface area (Å²) in [6.45, 7) is 0. The van der Waals surface area contributed by atoms with Crippen LogP contribution in [0.15, 0.2) is 53.5 Å². The Hall–Kier alpha value is -3.27. The molecule has 0 radical (unpaired) electrons. The van der Waals surface area contributed by atoms with Gasteiger partial charge >= 0.3 is 0 Å². The summed E-state index contributed by atoms with van der Waals surface area (Å²) >= 11 is 12.5. The van der Waals surface area contributed by atoms with Crippen LogP contribution in [-0.2, 0) is 7.05 Å². The number of aromatic amines is 1. The van der Waals surface area contributed by atoms with Crippen molar-refractivity contribution in [1.29, 1.82) is 5.26 Å². The molecule has 0 aliphatic heterocycles. The average molecular weight is 409 g/mol. The lowest BCUT2D eigenvalue weighted by Crippen LogP contribution is -1.92. The van der Waals surface area contributed by atoms with Gasteiger partial charge in [0.25, 0.3) is 0 Å². The van der Waals surface area contributed by atoms with E-state index in [1.807, 2.05) is 48.0 Å². The normalized spacial score (nSPS) is 11.2. The highest BCUT2D eigenvalue weighted by Crippen LogP contribution is 2.30. The Morgan fingerprint density at radius 3 is 2.82 bits per heavy atom. The maximum absolute atomic E-state index is 9.57. The zero-order valence-corrected chi connectivity index (χ0v) is 16.3. The second kappa shape index (κ2) is 7.39. The molecule has 2 N–H and O–H groups in total. The van der Waals surface area contributed by atoms with Crippen molar-refractivity contribution in [2.75, 3.05) is 5.32 Å². The van der Waals surface area contributed by atoms with E-state index in [1.54, 1.807) is 18.3 Å². The number of aromatic nitrogens is 3. The molecule has 0 atom stereocenters. The Morgan fingerprint density at radius 2 is 2.04 bits per heavy atom. The van der Waals surface area contributed by atoms with E-state index in [9.17, 15) is 5.26 Å². The van der Waals surface area contributed by atoms with Crippen LogP contribution in [0.1, 0.15) is 11.1 Å². The van der Waals surface area contributed by atoms with Gasteiger partial charge in [0.1, 0.15) is 22.6 Å². The minimum atomic E-state index is 0.274. The van der Waals surface area contributed by atoms with Crippen LogP contribution < -0.4 is 5.32 Å². The molecule has 2 aromatic heterocycles. The third-order valence-corrected chi connectivity index (χ3v) is 5.03. The smallest absolute Gasteiger partial charge is 0.193 e. The van der Waals surface area contributed by atoms with Crippen molar-refractivity contribution in [2.24, 2.45) is 12.0 Å². The number of anilines is 2. The van der Waals surface area contributed by atoms with Crippen LogP contribution in [-0.4, -0.2) is 21.0 Å². The van der Waals surface area contributed by atoms with Crippen molar-refractivity contribution in [2.45, 2.75) is 0 Å². The SMILES string of the molecule is Cn1c(Cl)c(C=Nc2n[nH]c(Nc3cccc(Cl)c3)c2C#N)c2ccccc21. The minimum Gasteiger partial charge on any atom is -0.339 e. The molecule has 0 aliphatic rings. The third kappa shape index (κ3) is 3.22. The fourth-order valence-electron chi connectivity index (χ4n) is 2.97. The van der Waals surface area contributed by atoms with Crippen molar-refractivity contribution < 1.29 is 0 Å². The van der Waals surface area contributed by atoms with Crippen molar-refractivity contribution >= 4 is 57.6 Å². The van der Waals surface area contributed by atoms with Gasteiger partial charge in [-0.3, -0.25) is 5.10 Å². The highest BCUT2D eigenvalue weighted by atomic mass is 35.5.